The molecule has 0 aliphatic rings. The summed E-state index contributed by atoms with van der Waals surface area (Å²) in [5, 5.41) is 1.77. The fraction of sp³-hybridized carbons (Fsp3) is 0.231. The van der Waals surface area contributed by atoms with Crippen molar-refractivity contribution in [2.45, 2.75) is 4.90 Å². The van der Waals surface area contributed by atoms with E-state index in [1.54, 1.807) is 5.38 Å². The van der Waals surface area contributed by atoms with Crippen molar-refractivity contribution in [1.82, 2.24) is 9.10 Å². The number of nitrogens with one attached hydrogen (secondary N) is 1. The van der Waals surface area contributed by atoms with Crippen LogP contribution >= 0.6 is 23.1 Å². The molecule has 1 amide bonds. The zero-order chi connectivity index (χ0) is 16.9. The van der Waals surface area contributed by atoms with Gasteiger partial charge in [0.25, 0.3) is 15.9 Å². The molecule has 2 aromatic rings. The lowest BCUT2D eigenvalue weighted by Gasteiger charge is -2.12. The zero-order valence-electron chi connectivity index (χ0n) is 12.0. The predicted octanol–water partition coefficient (Wildman–Crippen LogP) is 1.94. The molecule has 10 heteroatoms. The van der Waals surface area contributed by atoms with Crippen LogP contribution in [-0.4, -0.2) is 39.0 Å². The van der Waals surface area contributed by atoms with Crippen LogP contribution in [0.5, 0.6) is 5.75 Å². The first kappa shape index (κ1) is 17.7. The Balaban J connectivity index is 2.27. The summed E-state index contributed by atoms with van der Waals surface area (Å²) in [7, 11) is -2.66. The first-order chi connectivity index (χ1) is 10.9. The molecule has 0 aliphatic heterocycles. The van der Waals surface area contributed by atoms with Gasteiger partial charge in [0.15, 0.2) is 0 Å². The SMILES string of the molecule is COCCOc1ccc(Cl)cc1S(=O)(=O)NC(=O)c1ccsn1. The third-order valence-electron chi connectivity index (χ3n) is 2.64. The van der Waals surface area contributed by atoms with E-state index in [1.165, 1.54) is 31.4 Å². The normalized spacial score (nSPS) is 11.2. The van der Waals surface area contributed by atoms with Crippen molar-refractivity contribution in [3.8, 4) is 5.75 Å². The molecule has 0 saturated heterocycles. The molecule has 7 nitrogen and oxygen atoms in total. The molecule has 0 radical (unpaired) electrons. The van der Waals surface area contributed by atoms with Gasteiger partial charge in [-0.25, -0.2) is 13.1 Å². The van der Waals surface area contributed by atoms with Gasteiger partial charge in [-0.15, -0.1) is 0 Å². The number of hydrogen-bond donors (Lipinski definition) is 1. The number of aromatic nitrogens is 1. The van der Waals surface area contributed by atoms with Crippen molar-refractivity contribution in [2.75, 3.05) is 20.3 Å². The van der Waals surface area contributed by atoms with E-state index in [9.17, 15) is 13.2 Å². The third-order valence-corrected chi connectivity index (χ3v) is 4.79. The van der Waals surface area contributed by atoms with E-state index in [1.807, 2.05) is 4.72 Å². The van der Waals surface area contributed by atoms with Crippen LogP contribution in [0.15, 0.2) is 34.5 Å². The highest BCUT2D eigenvalue weighted by molar-refractivity contribution is 7.90. The van der Waals surface area contributed by atoms with E-state index < -0.39 is 15.9 Å². The molecule has 0 spiro atoms. The second-order valence-electron chi connectivity index (χ2n) is 4.25. The fourth-order valence-corrected chi connectivity index (χ4v) is 3.48. The number of carbonyl (C=O) groups excluding carboxylic acids is 1. The van der Waals surface area contributed by atoms with Crippen molar-refractivity contribution in [3.05, 3.63) is 40.4 Å². The molecular weight excluding hydrogens is 364 g/mol. The molecule has 0 saturated carbocycles. The summed E-state index contributed by atoms with van der Waals surface area (Å²) >= 11 is 6.90. The Hall–Kier alpha value is -1.68. The molecule has 23 heavy (non-hydrogen) atoms. The van der Waals surface area contributed by atoms with Gasteiger partial charge in [0, 0.05) is 17.5 Å². The van der Waals surface area contributed by atoms with E-state index in [0.29, 0.717) is 0 Å². The molecule has 0 atom stereocenters. The number of benzene rings is 1. The number of sulfonamides is 1. The molecule has 124 valence electrons. The van der Waals surface area contributed by atoms with Gasteiger partial charge in [-0.2, -0.15) is 4.37 Å². The minimum atomic E-state index is -4.16. The highest BCUT2D eigenvalue weighted by Gasteiger charge is 2.24. The lowest BCUT2D eigenvalue weighted by atomic mass is 10.3. The summed E-state index contributed by atoms with van der Waals surface area (Å²) < 4.78 is 40.8. The molecular formula is C13H13ClN2O5S2. The Bertz CT molecular complexity index is 778. The van der Waals surface area contributed by atoms with Crippen molar-refractivity contribution in [2.24, 2.45) is 0 Å². The molecule has 1 heterocycles. The molecule has 1 aromatic heterocycles. The van der Waals surface area contributed by atoms with Crippen LogP contribution < -0.4 is 9.46 Å². The van der Waals surface area contributed by atoms with Crippen LogP contribution in [0.3, 0.4) is 0 Å². The summed E-state index contributed by atoms with van der Waals surface area (Å²) in [4.78, 5) is 11.7. The molecule has 0 fully saturated rings. The molecule has 0 bridgehead atoms. The number of hydrogen-bond acceptors (Lipinski definition) is 7. The average molecular weight is 377 g/mol. The monoisotopic (exact) mass is 376 g/mol. The topological polar surface area (TPSA) is 94.6 Å². The van der Waals surface area contributed by atoms with Crippen LogP contribution in [0.1, 0.15) is 10.5 Å². The predicted molar refractivity (Wildman–Crippen MR) is 85.6 cm³/mol. The summed E-state index contributed by atoms with van der Waals surface area (Å²) in [5.41, 5.74) is 0.0162. The number of carbonyl (C=O) groups is 1. The molecule has 0 unspecified atom stereocenters. The summed E-state index contributed by atoms with van der Waals surface area (Å²) in [6, 6.07) is 5.54. The van der Waals surface area contributed by atoms with Crippen LogP contribution in [0.2, 0.25) is 5.02 Å². The van der Waals surface area contributed by atoms with Crippen LogP contribution in [0.25, 0.3) is 0 Å². The van der Waals surface area contributed by atoms with E-state index in [4.69, 9.17) is 21.1 Å². The van der Waals surface area contributed by atoms with E-state index in [-0.39, 0.29) is 34.6 Å². The zero-order valence-corrected chi connectivity index (χ0v) is 14.4. The van der Waals surface area contributed by atoms with E-state index in [0.717, 1.165) is 11.5 Å². The smallest absolute Gasteiger partial charge is 0.284 e. The average Bonchev–Trinajstić information content (AvgIpc) is 3.03. The maximum Gasteiger partial charge on any atom is 0.284 e. The van der Waals surface area contributed by atoms with Crippen LogP contribution in [-0.2, 0) is 14.8 Å². The summed E-state index contributed by atoms with van der Waals surface area (Å²) in [6.07, 6.45) is 0. The molecule has 1 aromatic carbocycles. The minimum absolute atomic E-state index is 0.0162. The van der Waals surface area contributed by atoms with E-state index >= 15 is 0 Å². The van der Waals surface area contributed by atoms with Gasteiger partial charge >= 0.3 is 0 Å². The minimum Gasteiger partial charge on any atom is -0.490 e. The lowest BCUT2D eigenvalue weighted by Crippen LogP contribution is -2.31. The Kier molecular flexibility index (Phi) is 5.94. The van der Waals surface area contributed by atoms with Crippen molar-refractivity contribution in [3.63, 3.8) is 0 Å². The number of nitrogens with zero attached hydrogens (tertiary/aromatic N) is 1. The van der Waals surface area contributed by atoms with Gasteiger partial charge in [-0.3, -0.25) is 4.79 Å². The van der Waals surface area contributed by atoms with Crippen molar-refractivity contribution in [1.29, 1.82) is 0 Å². The first-order valence-electron chi connectivity index (χ1n) is 6.33. The van der Waals surface area contributed by atoms with Crippen molar-refractivity contribution < 1.29 is 22.7 Å². The van der Waals surface area contributed by atoms with Crippen LogP contribution in [0, 0.1) is 0 Å². The fourth-order valence-electron chi connectivity index (χ4n) is 1.61. The number of amides is 1. The van der Waals surface area contributed by atoms with Crippen LogP contribution in [0.4, 0.5) is 0 Å². The second-order valence-corrected chi connectivity index (χ2v) is 7.00. The Morgan fingerprint density at radius 1 is 1.35 bits per heavy atom. The highest BCUT2D eigenvalue weighted by Crippen LogP contribution is 2.27. The maximum absolute atomic E-state index is 12.4. The summed E-state index contributed by atoms with van der Waals surface area (Å²) in [6.45, 7) is 0.438. The number of methoxy groups -OCH3 is 1. The third kappa shape index (κ3) is 4.64. The van der Waals surface area contributed by atoms with Crippen molar-refractivity contribution >= 4 is 39.1 Å². The number of rotatable bonds is 7. The lowest BCUT2D eigenvalue weighted by molar-refractivity contribution is 0.0977. The van der Waals surface area contributed by atoms with E-state index in [2.05, 4.69) is 4.37 Å². The van der Waals surface area contributed by atoms with Gasteiger partial charge in [-0.1, -0.05) is 11.6 Å². The number of ether oxygens (including phenoxy) is 2. The van der Waals surface area contributed by atoms with Gasteiger partial charge < -0.3 is 9.47 Å². The quantitative estimate of drug-likeness (QED) is 0.742. The number of halogens is 1. The van der Waals surface area contributed by atoms with Gasteiger partial charge in [0.2, 0.25) is 0 Å². The largest absolute Gasteiger partial charge is 0.490 e. The van der Waals surface area contributed by atoms with Gasteiger partial charge in [0.1, 0.15) is 22.9 Å². The van der Waals surface area contributed by atoms with Gasteiger partial charge in [0.05, 0.1) is 6.61 Å². The molecule has 0 aliphatic carbocycles. The summed E-state index contributed by atoms with van der Waals surface area (Å²) in [5.74, 6) is -0.751. The molecule has 1 N–H and O–H groups in total. The first-order valence-corrected chi connectivity index (χ1v) is 9.02. The highest BCUT2D eigenvalue weighted by atomic mass is 35.5. The maximum atomic E-state index is 12.4. The Labute approximate surface area is 142 Å². The Morgan fingerprint density at radius 2 is 2.13 bits per heavy atom. The second kappa shape index (κ2) is 7.73. The molecule has 2 rings (SSSR count). The Morgan fingerprint density at radius 3 is 2.78 bits per heavy atom. The standard InChI is InChI=1S/C13H13ClN2O5S2/c1-20-5-6-21-11-3-2-9(14)8-12(11)23(18,19)16-13(17)10-4-7-22-15-10/h2-4,7-8H,5-6H2,1H3,(H,16,17). The van der Waals surface area contributed by atoms with Gasteiger partial charge in [-0.05, 0) is 35.8 Å².